The first-order valence-electron chi connectivity index (χ1n) is 6.47. The van der Waals surface area contributed by atoms with Crippen molar-refractivity contribution in [1.29, 1.82) is 5.26 Å². The van der Waals surface area contributed by atoms with Crippen LogP contribution in [0.4, 0.5) is 10.5 Å². The molecule has 2 aromatic carbocycles. The monoisotopic (exact) mass is 299 g/mol. The Bertz CT molecular complexity index is 662. The quantitative estimate of drug-likeness (QED) is 0.906. The largest absolute Gasteiger partial charge is 0.338 e. The van der Waals surface area contributed by atoms with Gasteiger partial charge in [-0.15, -0.1) is 0 Å². The molecule has 0 atom stereocenters. The summed E-state index contributed by atoms with van der Waals surface area (Å²) in [7, 11) is 0. The highest BCUT2D eigenvalue weighted by molar-refractivity contribution is 6.30. The molecule has 4 nitrogen and oxygen atoms in total. The molecule has 2 rings (SSSR count). The smallest absolute Gasteiger partial charge is 0.319 e. The predicted octanol–water partition coefficient (Wildman–Crippen LogP) is 3.58. The van der Waals surface area contributed by atoms with Gasteiger partial charge in [0.1, 0.15) is 0 Å². The molecule has 0 aromatic heterocycles. The molecule has 5 heteroatoms. The van der Waals surface area contributed by atoms with Crippen LogP contribution in [-0.4, -0.2) is 12.6 Å². The molecule has 0 aliphatic carbocycles. The molecular formula is C16H14ClN3O. The number of anilines is 1. The third-order valence-electron chi connectivity index (χ3n) is 2.86. The molecule has 2 amide bonds. The van der Waals surface area contributed by atoms with Crippen molar-refractivity contribution in [2.24, 2.45) is 0 Å². The van der Waals surface area contributed by atoms with Crippen molar-refractivity contribution in [3.8, 4) is 6.07 Å². The standard InChI is InChI=1S/C16H14ClN3O/c17-14-4-6-15(7-5-14)20-16(21)19-9-8-12-2-1-3-13(10-12)11-18/h1-7,10H,8-9H2,(H2,19,20,21). The lowest BCUT2D eigenvalue weighted by molar-refractivity contribution is 0.252. The Morgan fingerprint density at radius 1 is 1.19 bits per heavy atom. The lowest BCUT2D eigenvalue weighted by Crippen LogP contribution is -2.30. The first-order chi connectivity index (χ1) is 10.2. The molecule has 0 unspecified atom stereocenters. The molecule has 21 heavy (non-hydrogen) atoms. The molecule has 2 N–H and O–H groups in total. The van der Waals surface area contributed by atoms with E-state index in [0.717, 1.165) is 5.56 Å². The molecule has 0 spiro atoms. The van der Waals surface area contributed by atoms with E-state index < -0.39 is 0 Å². The van der Waals surface area contributed by atoms with E-state index in [4.69, 9.17) is 16.9 Å². The fourth-order valence-electron chi connectivity index (χ4n) is 1.83. The van der Waals surface area contributed by atoms with Gasteiger partial charge < -0.3 is 10.6 Å². The third-order valence-corrected chi connectivity index (χ3v) is 3.11. The lowest BCUT2D eigenvalue weighted by atomic mass is 10.1. The van der Waals surface area contributed by atoms with Crippen molar-refractivity contribution >= 4 is 23.3 Å². The zero-order chi connectivity index (χ0) is 15.1. The van der Waals surface area contributed by atoms with Crippen LogP contribution < -0.4 is 10.6 Å². The summed E-state index contributed by atoms with van der Waals surface area (Å²) in [5.41, 5.74) is 2.32. The zero-order valence-corrected chi connectivity index (χ0v) is 12.0. The maximum Gasteiger partial charge on any atom is 0.319 e. The molecule has 2 aromatic rings. The van der Waals surface area contributed by atoms with Gasteiger partial charge in [0, 0.05) is 17.3 Å². The van der Waals surface area contributed by atoms with E-state index in [1.165, 1.54) is 0 Å². The normalized spacial score (nSPS) is 9.71. The predicted molar refractivity (Wildman–Crippen MR) is 83.3 cm³/mol. The number of halogens is 1. The summed E-state index contributed by atoms with van der Waals surface area (Å²) >= 11 is 5.77. The summed E-state index contributed by atoms with van der Waals surface area (Å²) in [6.45, 7) is 0.494. The van der Waals surface area contributed by atoms with Gasteiger partial charge in [0.15, 0.2) is 0 Å². The second kappa shape index (κ2) is 7.32. The van der Waals surface area contributed by atoms with E-state index >= 15 is 0 Å². The number of urea groups is 1. The summed E-state index contributed by atoms with van der Waals surface area (Å²) in [6.07, 6.45) is 0.670. The Kier molecular flexibility index (Phi) is 5.19. The van der Waals surface area contributed by atoms with Crippen molar-refractivity contribution in [2.45, 2.75) is 6.42 Å². The number of amides is 2. The van der Waals surface area contributed by atoms with Crippen LogP contribution in [0.25, 0.3) is 0 Å². The highest BCUT2D eigenvalue weighted by atomic mass is 35.5. The summed E-state index contributed by atoms with van der Waals surface area (Å²) in [5.74, 6) is 0. The fourth-order valence-corrected chi connectivity index (χ4v) is 1.95. The average Bonchev–Trinajstić information content (AvgIpc) is 2.50. The van der Waals surface area contributed by atoms with Crippen LogP contribution in [0.2, 0.25) is 5.02 Å². The molecule has 106 valence electrons. The van der Waals surface area contributed by atoms with Gasteiger partial charge in [0.2, 0.25) is 0 Å². The molecule has 0 radical (unpaired) electrons. The van der Waals surface area contributed by atoms with Gasteiger partial charge in [-0.1, -0.05) is 23.7 Å². The second-order valence-electron chi connectivity index (χ2n) is 4.45. The molecule has 0 saturated carbocycles. The summed E-state index contributed by atoms with van der Waals surface area (Å²) in [4.78, 5) is 11.7. The van der Waals surface area contributed by atoms with Gasteiger partial charge in [-0.3, -0.25) is 0 Å². The van der Waals surface area contributed by atoms with Crippen LogP contribution in [0.1, 0.15) is 11.1 Å². The Labute approximate surface area is 128 Å². The van der Waals surface area contributed by atoms with Crippen molar-refractivity contribution in [1.82, 2.24) is 5.32 Å². The number of hydrogen-bond donors (Lipinski definition) is 2. The van der Waals surface area contributed by atoms with Gasteiger partial charge >= 0.3 is 6.03 Å². The Hall–Kier alpha value is -2.51. The lowest BCUT2D eigenvalue weighted by Gasteiger charge is -2.08. The third kappa shape index (κ3) is 4.83. The van der Waals surface area contributed by atoms with E-state index in [9.17, 15) is 4.79 Å². The number of carbonyl (C=O) groups excluding carboxylic acids is 1. The van der Waals surface area contributed by atoms with Crippen LogP contribution in [0.5, 0.6) is 0 Å². The minimum atomic E-state index is -0.270. The number of rotatable bonds is 4. The van der Waals surface area contributed by atoms with Crippen LogP contribution in [0, 0.1) is 11.3 Å². The molecule has 0 heterocycles. The minimum absolute atomic E-state index is 0.270. The van der Waals surface area contributed by atoms with Crippen LogP contribution in [-0.2, 0) is 6.42 Å². The highest BCUT2D eigenvalue weighted by Crippen LogP contribution is 2.13. The van der Waals surface area contributed by atoms with Crippen LogP contribution in [0.15, 0.2) is 48.5 Å². The Morgan fingerprint density at radius 2 is 1.95 bits per heavy atom. The maximum atomic E-state index is 11.7. The molecular weight excluding hydrogens is 286 g/mol. The topological polar surface area (TPSA) is 64.9 Å². The molecule has 0 aliphatic heterocycles. The first kappa shape index (κ1) is 14.9. The number of benzene rings is 2. The number of nitrogens with one attached hydrogen (secondary N) is 2. The first-order valence-corrected chi connectivity index (χ1v) is 6.84. The van der Waals surface area contributed by atoms with Crippen molar-refractivity contribution in [2.75, 3.05) is 11.9 Å². The molecule has 0 bridgehead atoms. The van der Waals surface area contributed by atoms with Crippen LogP contribution >= 0.6 is 11.6 Å². The number of hydrogen-bond acceptors (Lipinski definition) is 2. The summed E-state index contributed by atoms with van der Waals surface area (Å²) < 4.78 is 0. The van der Waals surface area contributed by atoms with Gasteiger partial charge in [-0.25, -0.2) is 4.79 Å². The van der Waals surface area contributed by atoms with Crippen molar-refractivity contribution in [3.63, 3.8) is 0 Å². The van der Waals surface area contributed by atoms with E-state index in [2.05, 4.69) is 16.7 Å². The molecule has 0 aliphatic rings. The van der Waals surface area contributed by atoms with Crippen molar-refractivity contribution < 1.29 is 4.79 Å². The number of carbonyl (C=O) groups is 1. The van der Waals surface area contributed by atoms with Crippen LogP contribution in [0.3, 0.4) is 0 Å². The average molecular weight is 300 g/mol. The Morgan fingerprint density at radius 3 is 2.67 bits per heavy atom. The summed E-state index contributed by atoms with van der Waals surface area (Å²) in [5, 5.41) is 14.9. The number of nitriles is 1. The number of nitrogens with zero attached hydrogens (tertiary/aromatic N) is 1. The fraction of sp³-hybridized carbons (Fsp3) is 0.125. The highest BCUT2D eigenvalue weighted by Gasteiger charge is 2.01. The SMILES string of the molecule is N#Cc1cccc(CCNC(=O)Nc2ccc(Cl)cc2)c1. The molecule has 0 saturated heterocycles. The van der Waals surface area contributed by atoms with E-state index in [1.807, 2.05) is 18.2 Å². The molecule has 0 fully saturated rings. The van der Waals surface area contributed by atoms with E-state index in [-0.39, 0.29) is 6.03 Å². The van der Waals surface area contributed by atoms with E-state index in [1.54, 1.807) is 30.3 Å². The maximum absolute atomic E-state index is 11.7. The van der Waals surface area contributed by atoms with Crippen molar-refractivity contribution in [3.05, 3.63) is 64.7 Å². The van der Waals surface area contributed by atoms with Gasteiger partial charge in [-0.2, -0.15) is 5.26 Å². The summed E-state index contributed by atoms with van der Waals surface area (Å²) in [6, 6.07) is 16.1. The van der Waals surface area contributed by atoms with Gasteiger partial charge in [0.05, 0.1) is 11.6 Å². The Balaban J connectivity index is 1.79. The second-order valence-corrected chi connectivity index (χ2v) is 4.89. The van der Waals surface area contributed by atoms with Gasteiger partial charge in [0.25, 0.3) is 0 Å². The van der Waals surface area contributed by atoms with Gasteiger partial charge in [-0.05, 0) is 48.4 Å². The zero-order valence-electron chi connectivity index (χ0n) is 11.3. The minimum Gasteiger partial charge on any atom is -0.338 e. The van der Waals surface area contributed by atoms with E-state index in [0.29, 0.717) is 29.2 Å².